The molecule has 2 atom stereocenters. The summed E-state index contributed by atoms with van der Waals surface area (Å²) in [4.78, 5) is 23.1. The number of benzene rings is 1. The van der Waals surface area contributed by atoms with E-state index in [1.54, 1.807) is 12.1 Å². The second kappa shape index (κ2) is 4.81. The molecule has 5 heteroatoms. The van der Waals surface area contributed by atoms with Crippen LogP contribution in [0.3, 0.4) is 0 Å². The smallest absolute Gasteiger partial charge is 0.339 e. The van der Waals surface area contributed by atoms with Crippen LogP contribution >= 0.6 is 0 Å². The molecule has 0 aromatic heterocycles. The van der Waals surface area contributed by atoms with Crippen LogP contribution in [0.2, 0.25) is 0 Å². The van der Waals surface area contributed by atoms with Crippen LogP contribution in [0.15, 0.2) is 18.2 Å². The number of hydrogen-bond acceptors (Lipinski definition) is 3. The Hall–Kier alpha value is -2.04. The summed E-state index contributed by atoms with van der Waals surface area (Å²) in [5, 5.41) is 11.8. The van der Waals surface area contributed by atoms with Crippen molar-refractivity contribution in [2.24, 2.45) is 17.8 Å². The molecule has 0 radical (unpaired) electrons. The SMILES string of the molecule is COc1cc(NC(=O)C2CC2C2CC2)ccc1C(=O)O. The molecule has 20 heavy (non-hydrogen) atoms. The first-order valence-corrected chi connectivity index (χ1v) is 6.82. The Bertz CT molecular complexity index is 565. The molecular formula is C15H17NO4. The first-order chi connectivity index (χ1) is 9.60. The summed E-state index contributed by atoms with van der Waals surface area (Å²) >= 11 is 0. The minimum absolute atomic E-state index is 0.0343. The van der Waals surface area contributed by atoms with Crippen LogP contribution in [0.1, 0.15) is 29.6 Å². The molecule has 1 aromatic carbocycles. The van der Waals surface area contributed by atoms with Gasteiger partial charge in [-0.15, -0.1) is 0 Å². The van der Waals surface area contributed by atoms with E-state index in [4.69, 9.17) is 9.84 Å². The number of hydrogen-bond donors (Lipinski definition) is 2. The molecule has 2 aliphatic rings. The number of carboxylic acid groups (broad SMARTS) is 1. The number of amides is 1. The van der Waals surface area contributed by atoms with E-state index in [1.165, 1.54) is 26.0 Å². The third-order valence-electron chi connectivity index (χ3n) is 4.10. The summed E-state index contributed by atoms with van der Waals surface area (Å²) in [6, 6.07) is 4.59. The molecule has 2 fully saturated rings. The van der Waals surface area contributed by atoms with Gasteiger partial charge in [0.1, 0.15) is 11.3 Å². The van der Waals surface area contributed by atoms with Gasteiger partial charge in [-0.05, 0) is 43.2 Å². The lowest BCUT2D eigenvalue weighted by Crippen LogP contribution is -2.15. The molecule has 0 bridgehead atoms. The Morgan fingerprint density at radius 3 is 2.70 bits per heavy atom. The minimum Gasteiger partial charge on any atom is -0.496 e. The maximum Gasteiger partial charge on any atom is 0.339 e. The molecule has 0 saturated heterocycles. The van der Waals surface area contributed by atoms with E-state index in [2.05, 4.69) is 5.32 Å². The standard InChI is InChI=1S/C15H17NO4/c1-20-13-6-9(4-5-10(13)15(18)19)16-14(17)12-7-11(12)8-2-3-8/h4-6,8,11-12H,2-3,7H2,1H3,(H,16,17)(H,18,19). The maximum atomic E-state index is 12.1. The predicted octanol–water partition coefficient (Wildman–Crippen LogP) is 2.38. The number of ether oxygens (including phenoxy) is 1. The van der Waals surface area contributed by atoms with Gasteiger partial charge in [0.15, 0.2) is 0 Å². The van der Waals surface area contributed by atoms with Crippen LogP contribution in [0, 0.1) is 17.8 Å². The summed E-state index contributed by atoms with van der Waals surface area (Å²) in [5.74, 6) is 0.699. The molecule has 0 aliphatic heterocycles. The third kappa shape index (κ3) is 2.48. The molecule has 1 amide bonds. The highest BCUT2D eigenvalue weighted by Crippen LogP contribution is 2.54. The van der Waals surface area contributed by atoms with Crippen LogP contribution in [0.5, 0.6) is 5.75 Å². The fourth-order valence-corrected chi connectivity index (χ4v) is 2.74. The molecule has 2 saturated carbocycles. The van der Waals surface area contributed by atoms with E-state index in [1.807, 2.05) is 0 Å². The molecule has 2 N–H and O–H groups in total. The van der Waals surface area contributed by atoms with Crippen LogP contribution in [0.25, 0.3) is 0 Å². The lowest BCUT2D eigenvalue weighted by atomic mass is 10.1. The third-order valence-corrected chi connectivity index (χ3v) is 4.10. The van der Waals surface area contributed by atoms with Gasteiger partial charge in [-0.25, -0.2) is 4.79 Å². The second-order valence-corrected chi connectivity index (χ2v) is 5.55. The molecular weight excluding hydrogens is 258 g/mol. The van der Waals surface area contributed by atoms with Crippen LogP contribution < -0.4 is 10.1 Å². The highest BCUT2D eigenvalue weighted by molar-refractivity contribution is 5.96. The summed E-state index contributed by atoms with van der Waals surface area (Å²) in [6.07, 6.45) is 3.51. The number of carbonyl (C=O) groups excluding carboxylic acids is 1. The van der Waals surface area contributed by atoms with Crippen molar-refractivity contribution in [1.82, 2.24) is 0 Å². The van der Waals surface area contributed by atoms with E-state index < -0.39 is 5.97 Å². The number of rotatable bonds is 5. The quantitative estimate of drug-likeness (QED) is 0.865. The number of carbonyl (C=O) groups is 2. The van der Waals surface area contributed by atoms with E-state index in [0.29, 0.717) is 11.6 Å². The average Bonchev–Trinajstić information content (AvgIpc) is 3.28. The van der Waals surface area contributed by atoms with Gasteiger partial charge < -0.3 is 15.2 Å². The maximum absolute atomic E-state index is 12.1. The summed E-state index contributed by atoms with van der Waals surface area (Å²) < 4.78 is 5.04. The van der Waals surface area contributed by atoms with E-state index in [-0.39, 0.29) is 23.1 Å². The number of aromatic carboxylic acids is 1. The molecule has 1 aromatic rings. The summed E-state index contributed by atoms with van der Waals surface area (Å²) in [7, 11) is 1.41. The van der Waals surface area contributed by atoms with Gasteiger partial charge in [-0.1, -0.05) is 0 Å². The van der Waals surface area contributed by atoms with Crippen molar-refractivity contribution in [3.63, 3.8) is 0 Å². The number of nitrogens with one attached hydrogen (secondary N) is 1. The monoisotopic (exact) mass is 275 g/mol. The molecule has 2 unspecified atom stereocenters. The van der Waals surface area contributed by atoms with E-state index in [0.717, 1.165) is 12.3 Å². The predicted molar refractivity (Wildman–Crippen MR) is 72.9 cm³/mol. The normalized spacial score (nSPS) is 24.1. The number of carboxylic acids is 1. The molecule has 5 nitrogen and oxygen atoms in total. The van der Waals surface area contributed by atoms with Gasteiger partial charge in [-0.2, -0.15) is 0 Å². The fourth-order valence-electron chi connectivity index (χ4n) is 2.74. The first-order valence-electron chi connectivity index (χ1n) is 6.82. The number of anilines is 1. The zero-order valence-electron chi connectivity index (χ0n) is 11.3. The highest BCUT2D eigenvalue weighted by Gasteiger charge is 2.51. The van der Waals surface area contributed by atoms with Gasteiger partial charge in [0.25, 0.3) is 0 Å². The van der Waals surface area contributed by atoms with Crippen LogP contribution in [-0.2, 0) is 4.79 Å². The molecule has 0 heterocycles. The Morgan fingerprint density at radius 2 is 2.10 bits per heavy atom. The number of methoxy groups -OCH3 is 1. The minimum atomic E-state index is -1.05. The van der Waals surface area contributed by atoms with Crippen molar-refractivity contribution in [3.05, 3.63) is 23.8 Å². The van der Waals surface area contributed by atoms with Gasteiger partial charge in [0.05, 0.1) is 7.11 Å². The molecule has 106 valence electrons. The molecule has 2 aliphatic carbocycles. The first kappa shape index (κ1) is 13.0. The topological polar surface area (TPSA) is 75.6 Å². The molecule has 3 rings (SSSR count). The van der Waals surface area contributed by atoms with E-state index >= 15 is 0 Å². The zero-order valence-corrected chi connectivity index (χ0v) is 11.3. The van der Waals surface area contributed by atoms with Crippen molar-refractivity contribution in [3.8, 4) is 5.75 Å². The van der Waals surface area contributed by atoms with Crippen molar-refractivity contribution in [2.45, 2.75) is 19.3 Å². The largest absolute Gasteiger partial charge is 0.496 e. The van der Waals surface area contributed by atoms with Gasteiger partial charge in [0.2, 0.25) is 5.91 Å². The van der Waals surface area contributed by atoms with Crippen LogP contribution in [0.4, 0.5) is 5.69 Å². The summed E-state index contributed by atoms with van der Waals surface area (Å²) in [5.41, 5.74) is 0.672. The fraction of sp³-hybridized carbons (Fsp3) is 0.467. The summed E-state index contributed by atoms with van der Waals surface area (Å²) in [6.45, 7) is 0. The lowest BCUT2D eigenvalue weighted by molar-refractivity contribution is -0.117. The Morgan fingerprint density at radius 1 is 1.35 bits per heavy atom. The average molecular weight is 275 g/mol. The van der Waals surface area contributed by atoms with Crippen molar-refractivity contribution >= 4 is 17.6 Å². The van der Waals surface area contributed by atoms with Gasteiger partial charge in [0, 0.05) is 17.7 Å². The van der Waals surface area contributed by atoms with E-state index in [9.17, 15) is 9.59 Å². The van der Waals surface area contributed by atoms with Crippen molar-refractivity contribution < 1.29 is 19.4 Å². The molecule has 0 spiro atoms. The van der Waals surface area contributed by atoms with Gasteiger partial charge in [-0.3, -0.25) is 4.79 Å². The Balaban J connectivity index is 1.68. The Labute approximate surface area is 116 Å². The van der Waals surface area contributed by atoms with Gasteiger partial charge >= 0.3 is 5.97 Å². The Kier molecular flexibility index (Phi) is 3.12. The van der Waals surface area contributed by atoms with Crippen molar-refractivity contribution in [2.75, 3.05) is 12.4 Å². The zero-order chi connectivity index (χ0) is 14.3. The van der Waals surface area contributed by atoms with Crippen molar-refractivity contribution in [1.29, 1.82) is 0 Å². The van der Waals surface area contributed by atoms with Crippen LogP contribution in [-0.4, -0.2) is 24.1 Å². The lowest BCUT2D eigenvalue weighted by Gasteiger charge is -2.09. The highest BCUT2D eigenvalue weighted by atomic mass is 16.5. The second-order valence-electron chi connectivity index (χ2n) is 5.55.